The molecule has 2 aliphatic heterocycles. The van der Waals surface area contributed by atoms with Crippen molar-refractivity contribution >= 4 is 5.70 Å². The zero-order valence-corrected chi connectivity index (χ0v) is 10.7. The Kier molecular flexibility index (Phi) is 2.73. The van der Waals surface area contributed by atoms with Crippen LogP contribution in [0.15, 0.2) is 29.1 Å². The van der Waals surface area contributed by atoms with E-state index in [1.807, 2.05) is 6.26 Å². The fourth-order valence-electron chi connectivity index (χ4n) is 3.31. The summed E-state index contributed by atoms with van der Waals surface area (Å²) >= 11 is 0. The van der Waals surface area contributed by atoms with Crippen molar-refractivity contribution in [3.05, 3.63) is 30.2 Å². The quantitative estimate of drug-likeness (QED) is 0.731. The van der Waals surface area contributed by atoms with Gasteiger partial charge < -0.3 is 9.32 Å². The highest BCUT2D eigenvalue weighted by atomic mass is 16.3. The first kappa shape index (κ1) is 10.9. The summed E-state index contributed by atoms with van der Waals surface area (Å²) in [5, 5.41) is 0. The fourth-order valence-corrected chi connectivity index (χ4v) is 3.31. The fraction of sp³-hybridized carbons (Fsp3) is 0.600. The van der Waals surface area contributed by atoms with Crippen LogP contribution in [0.4, 0.5) is 0 Å². The maximum Gasteiger partial charge on any atom is 0.0995 e. The number of hydrogen-bond acceptors (Lipinski definition) is 2. The zero-order valence-electron chi connectivity index (χ0n) is 10.7. The first-order valence-corrected chi connectivity index (χ1v) is 6.75. The summed E-state index contributed by atoms with van der Waals surface area (Å²) in [5.74, 6) is 1.60. The Morgan fingerprint density at radius 1 is 1.29 bits per heavy atom. The van der Waals surface area contributed by atoms with Crippen molar-refractivity contribution in [2.45, 2.75) is 39.2 Å². The smallest absolute Gasteiger partial charge is 0.0995 e. The Morgan fingerprint density at radius 3 is 2.94 bits per heavy atom. The van der Waals surface area contributed by atoms with Crippen LogP contribution in [0.5, 0.6) is 0 Å². The van der Waals surface area contributed by atoms with E-state index in [0.29, 0.717) is 0 Å². The first-order chi connectivity index (χ1) is 8.25. The molecular formula is C15H21NO. The van der Waals surface area contributed by atoms with Crippen molar-refractivity contribution in [3.8, 4) is 0 Å². The SMILES string of the molecule is C[C@@H]1CC[C@@H]2[C@@H](C)CC=C(c3ccoc3)N2C1. The lowest BCUT2D eigenvalue weighted by atomic mass is 9.82. The normalized spacial score (nSPS) is 33.2. The van der Waals surface area contributed by atoms with Gasteiger partial charge in [-0.05, 0) is 37.2 Å². The van der Waals surface area contributed by atoms with E-state index in [9.17, 15) is 0 Å². The van der Waals surface area contributed by atoms with Gasteiger partial charge in [0.2, 0.25) is 0 Å². The van der Waals surface area contributed by atoms with Gasteiger partial charge in [0.25, 0.3) is 0 Å². The van der Waals surface area contributed by atoms with Crippen LogP contribution in [0.1, 0.15) is 38.7 Å². The van der Waals surface area contributed by atoms with Crippen molar-refractivity contribution in [1.82, 2.24) is 4.90 Å². The molecule has 0 saturated carbocycles. The van der Waals surface area contributed by atoms with Crippen molar-refractivity contribution in [2.75, 3.05) is 6.54 Å². The summed E-state index contributed by atoms with van der Waals surface area (Å²) in [6.07, 6.45) is 9.97. The second-order valence-electron chi connectivity index (χ2n) is 5.72. The van der Waals surface area contributed by atoms with E-state index in [1.54, 1.807) is 6.26 Å². The topological polar surface area (TPSA) is 16.4 Å². The van der Waals surface area contributed by atoms with Gasteiger partial charge in [-0.25, -0.2) is 0 Å². The summed E-state index contributed by atoms with van der Waals surface area (Å²) in [6.45, 7) is 5.95. The van der Waals surface area contributed by atoms with Crippen LogP contribution >= 0.6 is 0 Å². The van der Waals surface area contributed by atoms with Gasteiger partial charge in [0.15, 0.2) is 0 Å². The lowest BCUT2D eigenvalue weighted by molar-refractivity contribution is 0.128. The van der Waals surface area contributed by atoms with E-state index < -0.39 is 0 Å². The first-order valence-electron chi connectivity index (χ1n) is 6.75. The Balaban J connectivity index is 1.92. The van der Waals surface area contributed by atoms with Crippen molar-refractivity contribution in [3.63, 3.8) is 0 Å². The van der Waals surface area contributed by atoms with Crippen LogP contribution in [0.3, 0.4) is 0 Å². The highest BCUT2D eigenvalue weighted by molar-refractivity contribution is 5.64. The second-order valence-corrected chi connectivity index (χ2v) is 5.72. The third-order valence-corrected chi connectivity index (χ3v) is 4.33. The molecule has 0 radical (unpaired) electrons. The third kappa shape index (κ3) is 1.90. The van der Waals surface area contributed by atoms with Crippen molar-refractivity contribution < 1.29 is 4.42 Å². The molecule has 2 nitrogen and oxygen atoms in total. The van der Waals surface area contributed by atoms with Gasteiger partial charge in [-0.2, -0.15) is 0 Å². The summed E-state index contributed by atoms with van der Waals surface area (Å²) < 4.78 is 5.23. The van der Waals surface area contributed by atoms with Crippen LogP contribution in [0.2, 0.25) is 0 Å². The van der Waals surface area contributed by atoms with E-state index in [0.717, 1.165) is 17.9 Å². The van der Waals surface area contributed by atoms with E-state index in [1.165, 1.54) is 37.1 Å². The molecular weight excluding hydrogens is 210 g/mol. The molecule has 17 heavy (non-hydrogen) atoms. The van der Waals surface area contributed by atoms with Crippen LogP contribution in [0, 0.1) is 11.8 Å². The molecule has 0 aliphatic carbocycles. The molecule has 1 aromatic rings. The van der Waals surface area contributed by atoms with Crippen LogP contribution < -0.4 is 0 Å². The minimum atomic E-state index is 0.737. The number of hydrogen-bond donors (Lipinski definition) is 0. The van der Waals surface area contributed by atoms with Gasteiger partial charge in [0.1, 0.15) is 0 Å². The second kappa shape index (κ2) is 4.25. The Morgan fingerprint density at radius 2 is 2.18 bits per heavy atom. The molecule has 2 heteroatoms. The maximum atomic E-state index is 5.23. The van der Waals surface area contributed by atoms with E-state index in [-0.39, 0.29) is 0 Å². The monoisotopic (exact) mass is 231 g/mol. The number of allylic oxidation sites excluding steroid dienone is 1. The summed E-state index contributed by atoms with van der Waals surface area (Å²) in [5.41, 5.74) is 2.64. The minimum Gasteiger partial charge on any atom is -0.472 e. The average Bonchev–Trinajstić information content (AvgIpc) is 2.83. The lowest BCUT2D eigenvalue weighted by Crippen LogP contribution is -2.46. The molecule has 3 rings (SSSR count). The standard InChI is InChI=1S/C15H21NO/c1-11-3-5-14-12(2)4-6-15(16(14)9-11)13-7-8-17-10-13/h6-8,10-12,14H,3-5,9H2,1-2H3/t11-,12+,14-/m1/s1. The molecule has 92 valence electrons. The molecule has 2 aliphatic rings. The predicted molar refractivity (Wildman–Crippen MR) is 69.4 cm³/mol. The van der Waals surface area contributed by atoms with Crippen molar-refractivity contribution in [2.24, 2.45) is 11.8 Å². The number of fused-ring (bicyclic) bond motifs is 1. The van der Waals surface area contributed by atoms with E-state index >= 15 is 0 Å². The van der Waals surface area contributed by atoms with Crippen LogP contribution in [0.25, 0.3) is 5.70 Å². The molecule has 0 N–H and O–H groups in total. The number of rotatable bonds is 1. The summed E-state index contributed by atoms with van der Waals surface area (Å²) in [7, 11) is 0. The Hall–Kier alpha value is -1.18. The molecule has 0 unspecified atom stereocenters. The Bertz CT molecular complexity index is 407. The molecule has 1 fully saturated rings. The highest BCUT2D eigenvalue weighted by Crippen LogP contribution is 2.38. The lowest BCUT2D eigenvalue weighted by Gasteiger charge is -2.46. The molecule has 0 bridgehead atoms. The van der Waals surface area contributed by atoms with E-state index in [2.05, 4.69) is 30.9 Å². The third-order valence-electron chi connectivity index (χ3n) is 4.33. The van der Waals surface area contributed by atoms with Gasteiger partial charge >= 0.3 is 0 Å². The predicted octanol–water partition coefficient (Wildman–Crippen LogP) is 3.76. The van der Waals surface area contributed by atoms with Gasteiger partial charge in [-0.3, -0.25) is 0 Å². The zero-order chi connectivity index (χ0) is 11.8. The molecule has 3 heterocycles. The number of piperidine rings is 1. The van der Waals surface area contributed by atoms with Crippen LogP contribution in [-0.4, -0.2) is 17.5 Å². The largest absolute Gasteiger partial charge is 0.472 e. The summed E-state index contributed by atoms with van der Waals surface area (Å²) in [6, 6.07) is 2.82. The Labute approximate surface area is 103 Å². The number of furan rings is 1. The highest BCUT2D eigenvalue weighted by Gasteiger charge is 2.34. The molecule has 1 aromatic heterocycles. The molecule has 1 saturated heterocycles. The van der Waals surface area contributed by atoms with Crippen LogP contribution in [-0.2, 0) is 0 Å². The van der Waals surface area contributed by atoms with E-state index in [4.69, 9.17) is 4.42 Å². The molecule has 3 atom stereocenters. The van der Waals surface area contributed by atoms with Gasteiger partial charge in [-0.15, -0.1) is 0 Å². The van der Waals surface area contributed by atoms with Crippen molar-refractivity contribution in [1.29, 1.82) is 0 Å². The van der Waals surface area contributed by atoms with Gasteiger partial charge in [0, 0.05) is 23.8 Å². The molecule has 0 spiro atoms. The maximum absolute atomic E-state index is 5.23. The van der Waals surface area contributed by atoms with Gasteiger partial charge in [-0.1, -0.05) is 19.9 Å². The average molecular weight is 231 g/mol. The summed E-state index contributed by atoms with van der Waals surface area (Å²) in [4.78, 5) is 2.62. The number of nitrogens with zero attached hydrogens (tertiary/aromatic N) is 1. The molecule has 0 amide bonds. The van der Waals surface area contributed by atoms with Gasteiger partial charge in [0.05, 0.1) is 12.5 Å². The minimum absolute atomic E-state index is 0.737. The molecule has 0 aromatic carbocycles.